The second-order valence-electron chi connectivity index (χ2n) is 2.62. The predicted octanol–water partition coefficient (Wildman–Crippen LogP) is 1.01. The van der Waals surface area contributed by atoms with Gasteiger partial charge in [-0.2, -0.15) is 0 Å². The highest BCUT2D eigenvalue weighted by atomic mass is 16.1. The molecule has 2 rings (SSSR count). The van der Waals surface area contributed by atoms with Crippen LogP contribution in [0.15, 0.2) is 12.2 Å². The molecular formula is C7H8O. The lowest BCUT2D eigenvalue weighted by molar-refractivity contribution is -0.109. The van der Waals surface area contributed by atoms with Crippen LogP contribution in [0.5, 0.6) is 0 Å². The van der Waals surface area contributed by atoms with Crippen molar-refractivity contribution in [2.24, 2.45) is 17.8 Å². The minimum Gasteiger partial charge on any atom is -0.303 e. The van der Waals surface area contributed by atoms with Crippen LogP contribution in [-0.4, -0.2) is 6.29 Å². The Bertz CT molecular complexity index is 144. The zero-order chi connectivity index (χ0) is 5.56. The first kappa shape index (κ1) is 4.30. The summed E-state index contributed by atoms with van der Waals surface area (Å²) in [6.07, 6.45) is 6.59. The summed E-state index contributed by atoms with van der Waals surface area (Å²) < 4.78 is 0. The molecule has 42 valence electrons. The standard InChI is InChI=1S/C7H8O/c8-4-7-5-2-1-3-6(5)7/h1-2,4-7H,3H2/t5-,6+,7+/m1/s1. The van der Waals surface area contributed by atoms with Gasteiger partial charge in [0.25, 0.3) is 0 Å². The molecule has 1 heteroatoms. The van der Waals surface area contributed by atoms with Gasteiger partial charge >= 0.3 is 0 Å². The van der Waals surface area contributed by atoms with E-state index in [1.165, 1.54) is 0 Å². The summed E-state index contributed by atoms with van der Waals surface area (Å²) in [5, 5.41) is 0. The molecule has 0 aromatic rings. The smallest absolute Gasteiger partial charge is 0.123 e. The van der Waals surface area contributed by atoms with Crippen molar-refractivity contribution in [2.75, 3.05) is 0 Å². The highest BCUT2D eigenvalue weighted by molar-refractivity contribution is 5.61. The summed E-state index contributed by atoms with van der Waals surface area (Å²) in [6, 6.07) is 0. The Morgan fingerprint density at radius 3 is 2.88 bits per heavy atom. The molecule has 8 heavy (non-hydrogen) atoms. The van der Waals surface area contributed by atoms with Crippen LogP contribution in [0.25, 0.3) is 0 Å². The first-order valence-corrected chi connectivity index (χ1v) is 3.05. The quantitative estimate of drug-likeness (QED) is 0.362. The molecule has 0 aromatic heterocycles. The maximum atomic E-state index is 10.1. The van der Waals surface area contributed by atoms with Gasteiger partial charge < -0.3 is 4.79 Å². The van der Waals surface area contributed by atoms with Gasteiger partial charge in [-0.15, -0.1) is 0 Å². The van der Waals surface area contributed by atoms with E-state index in [-0.39, 0.29) is 0 Å². The average Bonchev–Trinajstić information content (AvgIpc) is 2.22. The second-order valence-corrected chi connectivity index (χ2v) is 2.62. The second kappa shape index (κ2) is 1.22. The number of rotatable bonds is 1. The van der Waals surface area contributed by atoms with E-state index in [0.717, 1.165) is 12.7 Å². The molecule has 0 amide bonds. The lowest BCUT2D eigenvalue weighted by atomic mass is 10.2. The fourth-order valence-corrected chi connectivity index (χ4v) is 1.60. The van der Waals surface area contributed by atoms with E-state index in [9.17, 15) is 4.79 Å². The number of allylic oxidation sites excluding steroid dienone is 2. The third kappa shape index (κ3) is 0.347. The molecule has 0 N–H and O–H groups in total. The highest BCUT2D eigenvalue weighted by Crippen LogP contribution is 2.52. The summed E-state index contributed by atoms with van der Waals surface area (Å²) in [5.41, 5.74) is 0. The van der Waals surface area contributed by atoms with Crippen molar-refractivity contribution in [1.29, 1.82) is 0 Å². The number of carbonyl (C=O) groups is 1. The Labute approximate surface area is 48.4 Å². The average molecular weight is 108 g/mol. The Kier molecular flexibility index (Phi) is 0.655. The molecule has 0 aromatic carbocycles. The fourth-order valence-electron chi connectivity index (χ4n) is 1.60. The van der Waals surface area contributed by atoms with Gasteiger partial charge in [0.05, 0.1) is 0 Å². The monoisotopic (exact) mass is 108 g/mol. The van der Waals surface area contributed by atoms with Crippen LogP contribution in [-0.2, 0) is 4.79 Å². The van der Waals surface area contributed by atoms with Crippen molar-refractivity contribution < 1.29 is 4.79 Å². The van der Waals surface area contributed by atoms with Crippen LogP contribution >= 0.6 is 0 Å². The molecule has 3 atom stereocenters. The van der Waals surface area contributed by atoms with Crippen molar-refractivity contribution in [3.63, 3.8) is 0 Å². The normalized spacial score (nSPS) is 48.8. The molecule has 0 aliphatic heterocycles. The minimum atomic E-state index is 0.403. The van der Waals surface area contributed by atoms with Crippen LogP contribution in [0.3, 0.4) is 0 Å². The number of hydrogen-bond acceptors (Lipinski definition) is 1. The first-order valence-electron chi connectivity index (χ1n) is 3.05. The molecule has 2 aliphatic carbocycles. The van der Waals surface area contributed by atoms with Gasteiger partial charge in [-0.1, -0.05) is 12.2 Å². The molecule has 1 fully saturated rings. The van der Waals surface area contributed by atoms with Crippen molar-refractivity contribution in [3.05, 3.63) is 12.2 Å². The van der Waals surface area contributed by atoms with E-state index >= 15 is 0 Å². The molecule has 0 spiro atoms. The zero-order valence-corrected chi connectivity index (χ0v) is 4.58. The molecule has 0 heterocycles. The summed E-state index contributed by atoms with van der Waals surface area (Å²) in [4.78, 5) is 10.1. The first-order chi connectivity index (χ1) is 3.93. The van der Waals surface area contributed by atoms with Crippen molar-refractivity contribution in [2.45, 2.75) is 6.42 Å². The SMILES string of the molecule is O=C[C@H]1[C@@H]2C=CC[C@H]12. The van der Waals surface area contributed by atoms with Crippen LogP contribution < -0.4 is 0 Å². The van der Waals surface area contributed by atoms with Gasteiger partial charge in [0.15, 0.2) is 0 Å². The molecular weight excluding hydrogens is 100 g/mol. The zero-order valence-electron chi connectivity index (χ0n) is 4.58. The Hall–Kier alpha value is -0.590. The van der Waals surface area contributed by atoms with Gasteiger partial charge in [-0.05, 0) is 18.3 Å². The van der Waals surface area contributed by atoms with Crippen LogP contribution in [0.1, 0.15) is 6.42 Å². The van der Waals surface area contributed by atoms with Gasteiger partial charge in [-0.3, -0.25) is 0 Å². The number of aldehydes is 1. The minimum absolute atomic E-state index is 0.403. The Morgan fingerprint density at radius 2 is 2.50 bits per heavy atom. The molecule has 0 saturated heterocycles. The van der Waals surface area contributed by atoms with E-state index in [1.54, 1.807) is 0 Å². The van der Waals surface area contributed by atoms with Crippen LogP contribution in [0, 0.1) is 17.8 Å². The Morgan fingerprint density at radius 1 is 1.62 bits per heavy atom. The summed E-state index contributed by atoms with van der Waals surface area (Å²) in [5.74, 6) is 1.76. The number of hydrogen-bond donors (Lipinski definition) is 0. The third-order valence-electron chi connectivity index (χ3n) is 2.22. The van der Waals surface area contributed by atoms with E-state index in [1.807, 2.05) is 0 Å². The van der Waals surface area contributed by atoms with Crippen molar-refractivity contribution >= 4 is 6.29 Å². The van der Waals surface area contributed by atoms with E-state index < -0.39 is 0 Å². The van der Waals surface area contributed by atoms with Crippen LogP contribution in [0.2, 0.25) is 0 Å². The topological polar surface area (TPSA) is 17.1 Å². The molecule has 2 aliphatic rings. The lowest BCUT2D eigenvalue weighted by Gasteiger charge is -1.81. The van der Waals surface area contributed by atoms with E-state index in [2.05, 4.69) is 12.2 Å². The van der Waals surface area contributed by atoms with Crippen molar-refractivity contribution in [1.82, 2.24) is 0 Å². The Balaban J connectivity index is 2.12. The maximum absolute atomic E-state index is 10.1. The lowest BCUT2D eigenvalue weighted by Crippen LogP contribution is -1.82. The number of carbonyl (C=O) groups excluding carboxylic acids is 1. The van der Waals surface area contributed by atoms with Crippen molar-refractivity contribution in [3.8, 4) is 0 Å². The molecule has 0 unspecified atom stereocenters. The predicted molar refractivity (Wildman–Crippen MR) is 30.3 cm³/mol. The molecule has 0 radical (unpaired) electrons. The maximum Gasteiger partial charge on any atom is 0.123 e. The van der Waals surface area contributed by atoms with E-state index in [0.29, 0.717) is 17.8 Å². The molecule has 0 bridgehead atoms. The molecule has 1 nitrogen and oxygen atoms in total. The summed E-state index contributed by atoms with van der Waals surface area (Å²) in [6.45, 7) is 0. The van der Waals surface area contributed by atoms with Gasteiger partial charge in [0.2, 0.25) is 0 Å². The van der Waals surface area contributed by atoms with Crippen LogP contribution in [0.4, 0.5) is 0 Å². The van der Waals surface area contributed by atoms with Gasteiger partial charge in [0, 0.05) is 5.92 Å². The number of fused-ring (bicyclic) bond motifs is 1. The summed E-state index contributed by atoms with van der Waals surface area (Å²) in [7, 11) is 0. The summed E-state index contributed by atoms with van der Waals surface area (Å²) >= 11 is 0. The fraction of sp³-hybridized carbons (Fsp3) is 0.571. The van der Waals surface area contributed by atoms with Gasteiger partial charge in [-0.25, -0.2) is 0 Å². The largest absolute Gasteiger partial charge is 0.303 e. The van der Waals surface area contributed by atoms with E-state index in [4.69, 9.17) is 0 Å². The molecule has 1 saturated carbocycles. The third-order valence-corrected chi connectivity index (χ3v) is 2.22. The highest BCUT2D eigenvalue weighted by Gasteiger charge is 2.49. The van der Waals surface area contributed by atoms with Gasteiger partial charge in [0.1, 0.15) is 6.29 Å².